The molecule has 20 heavy (non-hydrogen) atoms. The van der Waals surface area contributed by atoms with Crippen molar-refractivity contribution in [2.45, 2.75) is 32.7 Å². The van der Waals surface area contributed by atoms with Crippen molar-refractivity contribution in [1.29, 1.82) is 0 Å². The highest BCUT2D eigenvalue weighted by Crippen LogP contribution is 2.22. The molecule has 2 aromatic rings. The normalized spacial score (nSPS) is 11.7. The van der Waals surface area contributed by atoms with Crippen molar-refractivity contribution in [2.24, 2.45) is 0 Å². The van der Waals surface area contributed by atoms with Crippen molar-refractivity contribution in [2.75, 3.05) is 0 Å². The highest BCUT2D eigenvalue weighted by Gasteiger charge is 2.13. The Balaban J connectivity index is 2.28. The lowest BCUT2D eigenvalue weighted by atomic mass is 9.87. The van der Waals surface area contributed by atoms with Crippen LogP contribution in [0.1, 0.15) is 31.9 Å². The van der Waals surface area contributed by atoms with Gasteiger partial charge in [0.15, 0.2) is 0 Å². The summed E-state index contributed by atoms with van der Waals surface area (Å²) >= 11 is 6.54. The summed E-state index contributed by atoms with van der Waals surface area (Å²) in [6, 6.07) is 8.30. The van der Waals surface area contributed by atoms with Crippen molar-refractivity contribution in [1.82, 2.24) is 9.78 Å². The van der Waals surface area contributed by atoms with E-state index in [1.54, 1.807) is 6.20 Å². The number of benzene rings is 1. The Labute approximate surface area is 135 Å². The molecule has 0 aliphatic rings. The Bertz CT molecular complexity index is 670. The van der Waals surface area contributed by atoms with Crippen LogP contribution in [0.2, 0.25) is 0 Å². The molecule has 0 radical (unpaired) electrons. The molecule has 0 spiro atoms. The fourth-order valence-electron chi connectivity index (χ4n) is 1.84. The first-order valence-electron chi connectivity index (χ1n) is 6.29. The van der Waals surface area contributed by atoms with E-state index in [2.05, 4.69) is 69.9 Å². The average molecular weight is 400 g/mol. The van der Waals surface area contributed by atoms with Gasteiger partial charge in [0.1, 0.15) is 4.47 Å². The maximum absolute atomic E-state index is 12.0. The third-order valence-electron chi connectivity index (χ3n) is 3.09. The maximum atomic E-state index is 12.0. The number of aromatic nitrogens is 2. The van der Waals surface area contributed by atoms with E-state index in [0.717, 1.165) is 5.56 Å². The lowest BCUT2D eigenvalue weighted by Crippen LogP contribution is -2.24. The summed E-state index contributed by atoms with van der Waals surface area (Å²) in [6.07, 6.45) is 1.62. The predicted molar refractivity (Wildman–Crippen MR) is 88.1 cm³/mol. The molecule has 0 N–H and O–H groups in total. The van der Waals surface area contributed by atoms with Gasteiger partial charge in [0.05, 0.1) is 17.2 Å². The largest absolute Gasteiger partial charge is 0.282 e. The molecule has 0 atom stereocenters. The van der Waals surface area contributed by atoms with E-state index in [1.165, 1.54) is 10.2 Å². The Hall–Kier alpha value is -0.940. The van der Waals surface area contributed by atoms with Crippen LogP contribution in [0.15, 0.2) is 44.2 Å². The zero-order valence-electron chi connectivity index (χ0n) is 11.7. The van der Waals surface area contributed by atoms with Crippen LogP contribution in [0.4, 0.5) is 0 Å². The van der Waals surface area contributed by atoms with Gasteiger partial charge in [-0.25, -0.2) is 4.68 Å². The quantitative estimate of drug-likeness (QED) is 0.761. The van der Waals surface area contributed by atoms with E-state index < -0.39 is 0 Å². The molecular weight excluding hydrogens is 384 g/mol. The second-order valence-corrected chi connectivity index (χ2v) is 7.36. The van der Waals surface area contributed by atoms with Gasteiger partial charge in [-0.15, -0.1) is 0 Å². The minimum Gasteiger partial charge on any atom is -0.266 e. The smallest absolute Gasteiger partial charge is 0.266 e. The van der Waals surface area contributed by atoms with Crippen molar-refractivity contribution in [3.05, 3.63) is 60.9 Å². The van der Waals surface area contributed by atoms with Gasteiger partial charge in [-0.2, -0.15) is 5.10 Å². The molecule has 5 heteroatoms. The van der Waals surface area contributed by atoms with E-state index in [0.29, 0.717) is 15.5 Å². The van der Waals surface area contributed by atoms with Gasteiger partial charge >= 0.3 is 0 Å². The van der Waals surface area contributed by atoms with Gasteiger partial charge in [-0.1, -0.05) is 45.0 Å². The Kier molecular flexibility index (Phi) is 4.49. The molecule has 0 saturated carbocycles. The predicted octanol–water partition coefficient (Wildman–Crippen LogP) is 4.11. The van der Waals surface area contributed by atoms with E-state index in [9.17, 15) is 4.79 Å². The Morgan fingerprint density at radius 2 is 1.75 bits per heavy atom. The minimum atomic E-state index is -0.140. The van der Waals surface area contributed by atoms with E-state index >= 15 is 0 Å². The third kappa shape index (κ3) is 3.38. The highest BCUT2D eigenvalue weighted by molar-refractivity contribution is 9.13. The third-order valence-corrected chi connectivity index (χ3v) is 4.99. The monoisotopic (exact) mass is 398 g/mol. The second-order valence-electron chi connectivity index (χ2n) is 5.72. The lowest BCUT2D eigenvalue weighted by Gasteiger charge is -2.19. The van der Waals surface area contributed by atoms with Crippen LogP contribution < -0.4 is 5.56 Å². The zero-order valence-corrected chi connectivity index (χ0v) is 14.8. The van der Waals surface area contributed by atoms with Crippen LogP contribution in [-0.4, -0.2) is 9.78 Å². The number of hydrogen-bond donors (Lipinski definition) is 0. The molecule has 1 heterocycles. The fraction of sp³-hybridized carbons (Fsp3) is 0.333. The molecule has 1 aromatic carbocycles. The maximum Gasteiger partial charge on any atom is 0.282 e. The molecule has 0 aliphatic carbocycles. The van der Waals surface area contributed by atoms with Gasteiger partial charge in [0.25, 0.3) is 5.56 Å². The Morgan fingerprint density at radius 3 is 2.30 bits per heavy atom. The van der Waals surface area contributed by atoms with Gasteiger partial charge in [-0.05, 0) is 48.4 Å². The molecule has 0 amide bonds. The number of hydrogen-bond acceptors (Lipinski definition) is 2. The zero-order chi connectivity index (χ0) is 14.9. The first-order chi connectivity index (χ1) is 9.29. The molecular formula is C15H16Br2N2O. The van der Waals surface area contributed by atoms with Crippen molar-refractivity contribution < 1.29 is 0 Å². The first-order valence-corrected chi connectivity index (χ1v) is 7.88. The van der Waals surface area contributed by atoms with Crippen LogP contribution >= 0.6 is 31.9 Å². The SMILES string of the molecule is CC(C)(C)c1ccc(Cn2ncc(Br)c(Br)c2=O)cc1. The van der Waals surface area contributed by atoms with Crippen LogP contribution in [0.3, 0.4) is 0 Å². The number of nitrogens with zero attached hydrogens (tertiary/aromatic N) is 2. The lowest BCUT2D eigenvalue weighted by molar-refractivity contribution is 0.588. The molecule has 0 aliphatic heterocycles. The van der Waals surface area contributed by atoms with Crippen LogP contribution in [0.5, 0.6) is 0 Å². The summed E-state index contributed by atoms with van der Waals surface area (Å²) in [5, 5.41) is 4.13. The highest BCUT2D eigenvalue weighted by atomic mass is 79.9. The Morgan fingerprint density at radius 1 is 1.15 bits per heavy atom. The van der Waals surface area contributed by atoms with Crippen molar-refractivity contribution in [3.8, 4) is 0 Å². The molecule has 3 nitrogen and oxygen atoms in total. The fourth-order valence-corrected chi connectivity index (χ4v) is 2.41. The summed E-state index contributed by atoms with van der Waals surface area (Å²) in [4.78, 5) is 12.0. The van der Waals surface area contributed by atoms with E-state index in [1.807, 2.05) is 12.1 Å². The van der Waals surface area contributed by atoms with Crippen LogP contribution in [-0.2, 0) is 12.0 Å². The summed E-state index contributed by atoms with van der Waals surface area (Å²) in [7, 11) is 0. The van der Waals surface area contributed by atoms with Gasteiger partial charge in [0, 0.05) is 0 Å². The van der Waals surface area contributed by atoms with Crippen molar-refractivity contribution in [3.63, 3.8) is 0 Å². The van der Waals surface area contributed by atoms with Crippen LogP contribution in [0, 0.1) is 0 Å². The van der Waals surface area contributed by atoms with E-state index in [4.69, 9.17) is 0 Å². The average Bonchev–Trinajstić information content (AvgIpc) is 2.39. The molecule has 0 saturated heterocycles. The number of halogens is 2. The summed E-state index contributed by atoms with van der Waals surface area (Å²) in [5.74, 6) is 0. The van der Waals surface area contributed by atoms with E-state index in [-0.39, 0.29) is 11.0 Å². The summed E-state index contributed by atoms with van der Waals surface area (Å²) in [5.41, 5.74) is 2.33. The standard InChI is InChI=1S/C15H16Br2N2O/c1-15(2,3)11-6-4-10(5-7-11)9-19-14(20)13(17)12(16)8-18-19/h4-8H,9H2,1-3H3. The van der Waals surface area contributed by atoms with Gasteiger partial charge in [0.2, 0.25) is 0 Å². The molecule has 2 rings (SSSR count). The van der Waals surface area contributed by atoms with Crippen molar-refractivity contribution >= 4 is 31.9 Å². The number of rotatable bonds is 2. The summed E-state index contributed by atoms with van der Waals surface area (Å²) < 4.78 is 2.61. The minimum absolute atomic E-state index is 0.133. The molecule has 0 fully saturated rings. The second kappa shape index (κ2) is 5.82. The topological polar surface area (TPSA) is 34.9 Å². The molecule has 1 aromatic heterocycles. The summed E-state index contributed by atoms with van der Waals surface area (Å²) in [6.45, 7) is 7.01. The van der Waals surface area contributed by atoms with Gasteiger partial charge in [-0.3, -0.25) is 4.79 Å². The molecule has 106 valence electrons. The molecule has 0 bridgehead atoms. The molecule has 0 unspecified atom stereocenters. The van der Waals surface area contributed by atoms with Gasteiger partial charge < -0.3 is 0 Å². The van der Waals surface area contributed by atoms with Crippen LogP contribution in [0.25, 0.3) is 0 Å². The first kappa shape index (κ1) is 15.4.